The summed E-state index contributed by atoms with van der Waals surface area (Å²) in [5.41, 5.74) is 5.69. The predicted molar refractivity (Wildman–Crippen MR) is 129 cm³/mol. The summed E-state index contributed by atoms with van der Waals surface area (Å²) in [5, 5.41) is 9.28. The van der Waals surface area contributed by atoms with Crippen molar-refractivity contribution >= 4 is 17.5 Å². The van der Waals surface area contributed by atoms with Crippen molar-refractivity contribution in [2.45, 2.75) is 13.5 Å². The summed E-state index contributed by atoms with van der Waals surface area (Å²) in [6.45, 7) is 1.36. The van der Waals surface area contributed by atoms with Gasteiger partial charge in [-0.15, -0.1) is 0 Å². The van der Waals surface area contributed by atoms with Gasteiger partial charge in [-0.25, -0.2) is 13.8 Å². The van der Waals surface area contributed by atoms with Crippen LogP contribution in [0.5, 0.6) is 0 Å². The molecule has 0 bridgehead atoms. The third kappa shape index (κ3) is 4.35. The Kier molecular flexibility index (Phi) is 6.32. The molecule has 4 aromatic rings. The Hall–Kier alpha value is -4.55. The predicted octanol–water partition coefficient (Wildman–Crippen LogP) is 3.45. The van der Waals surface area contributed by atoms with Crippen molar-refractivity contribution in [3.05, 3.63) is 104 Å². The molecule has 0 fully saturated rings. The number of primary amides is 1. The van der Waals surface area contributed by atoms with Crippen molar-refractivity contribution in [2.24, 2.45) is 5.73 Å². The van der Waals surface area contributed by atoms with E-state index in [9.17, 15) is 24.0 Å². The second-order valence-electron chi connectivity index (χ2n) is 7.68. The summed E-state index contributed by atoms with van der Waals surface area (Å²) in [6, 6.07) is 13.2. The molecule has 0 radical (unpaired) electrons. The van der Waals surface area contributed by atoms with Gasteiger partial charge >= 0.3 is 5.69 Å². The maximum Gasteiger partial charge on any atom is 0.337 e. The van der Waals surface area contributed by atoms with Gasteiger partial charge in [0.1, 0.15) is 12.4 Å². The van der Waals surface area contributed by atoms with Gasteiger partial charge in [0, 0.05) is 11.8 Å². The van der Waals surface area contributed by atoms with Crippen LogP contribution >= 0.6 is 11.6 Å². The fourth-order valence-corrected chi connectivity index (χ4v) is 3.94. The summed E-state index contributed by atoms with van der Waals surface area (Å²) in [5.74, 6) is -1.34. The van der Waals surface area contributed by atoms with Gasteiger partial charge in [-0.1, -0.05) is 29.8 Å². The molecule has 0 aliphatic heterocycles. The lowest BCUT2D eigenvalue weighted by Gasteiger charge is -2.19. The molecule has 2 aromatic carbocycles. The standard InChI is InChI=1S/C25H17ClFN5O3/c1-14-10-18(13-30-12-14)32-24(34)21(17-6-7-20(27)19(26)11-17)22(31(9-8-28)25(32)35)15-2-4-16(5-3-15)23(29)33/h2-7,10-13H,9H2,1H3,(H2,29,33). The number of halogens is 2. The molecule has 174 valence electrons. The number of nitrogens with zero attached hydrogens (tertiary/aromatic N) is 4. The Balaban J connectivity index is 2.18. The SMILES string of the molecule is Cc1cncc(-n2c(=O)c(-c3ccc(F)c(Cl)c3)c(-c3ccc(C(N)=O)cc3)n(CC#N)c2=O)c1. The fourth-order valence-electron chi connectivity index (χ4n) is 3.76. The lowest BCUT2D eigenvalue weighted by molar-refractivity contribution is 0.100. The summed E-state index contributed by atoms with van der Waals surface area (Å²) in [7, 11) is 0. The van der Waals surface area contributed by atoms with Crippen LogP contribution in [0.2, 0.25) is 5.02 Å². The molecule has 0 spiro atoms. The van der Waals surface area contributed by atoms with Crippen LogP contribution < -0.4 is 17.0 Å². The first-order valence-electron chi connectivity index (χ1n) is 10.3. The first-order valence-corrected chi connectivity index (χ1v) is 10.6. The van der Waals surface area contributed by atoms with E-state index >= 15 is 0 Å². The summed E-state index contributed by atoms with van der Waals surface area (Å²) >= 11 is 6.01. The Morgan fingerprint density at radius 1 is 1.11 bits per heavy atom. The normalized spacial score (nSPS) is 10.7. The molecule has 2 N–H and O–H groups in total. The number of aromatic nitrogens is 3. The smallest absolute Gasteiger partial charge is 0.337 e. The molecule has 1 amide bonds. The van der Waals surface area contributed by atoms with Crippen molar-refractivity contribution in [3.8, 4) is 34.1 Å². The van der Waals surface area contributed by atoms with Crippen LogP contribution in [-0.4, -0.2) is 20.0 Å². The van der Waals surface area contributed by atoms with E-state index in [4.69, 9.17) is 17.3 Å². The van der Waals surface area contributed by atoms with Gasteiger partial charge < -0.3 is 5.73 Å². The van der Waals surface area contributed by atoms with Gasteiger partial charge in [0.05, 0.1) is 34.2 Å². The zero-order chi connectivity index (χ0) is 25.3. The van der Waals surface area contributed by atoms with Crippen molar-refractivity contribution in [1.29, 1.82) is 5.26 Å². The third-order valence-electron chi connectivity index (χ3n) is 5.34. The Morgan fingerprint density at radius 3 is 2.40 bits per heavy atom. The van der Waals surface area contributed by atoms with Crippen molar-refractivity contribution in [3.63, 3.8) is 0 Å². The molecule has 10 heteroatoms. The highest BCUT2D eigenvalue weighted by Crippen LogP contribution is 2.31. The Labute approximate surface area is 203 Å². The van der Waals surface area contributed by atoms with Crippen LogP contribution in [0.15, 0.2) is 70.5 Å². The summed E-state index contributed by atoms with van der Waals surface area (Å²) in [4.78, 5) is 43.0. The van der Waals surface area contributed by atoms with Gasteiger partial charge in [-0.3, -0.25) is 19.1 Å². The highest BCUT2D eigenvalue weighted by molar-refractivity contribution is 6.31. The Bertz CT molecular complexity index is 1640. The number of hydrogen-bond donors (Lipinski definition) is 1. The van der Waals surface area contributed by atoms with Crippen LogP contribution in [0.4, 0.5) is 4.39 Å². The topological polar surface area (TPSA) is 124 Å². The molecule has 2 aromatic heterocycles. The zero-order valence-electron chi connectivity index (χ0n) is 18.3. The van der Waals surface area contributed by atoms with Crippen molar-refractivity contribution in [1.82, 2.24) is 14.1 Å². The van der Waals surface area contributed by atoms with Crippen LogP contribution in [0.3, 0.4) is 0 Å². The summed E-state index contributed by atoms with van der Waals surface area (Å²) < 4.78 is 16.0. The fraction of sp³-hybridized carbons (Fsp3) is 0.0800. The number of nitriles is 1. The monoisotopic (exact) mass is 489 g/mol. The molecule has 8 nitrogen and oxygen atoms in total. The molecule has 2 heterocycles. The first kappa shape index (κ1) is 23.6. The molecule has 0 aliphatic carbocycles. The average molecular weight is 490 g/mol. The number of rotatable bonds is 5. The molecule has 0 unspecified atom stereocenters. The lowest BCUT2D eigenvalue weighted by Crippen LogP contribution is -2.40. The number of hydrogen-bond acceptors (Lipinski definition) is 5. The van der Waals surface area contributed by atoms with Crippen molar-refractivity contribution in [2.75, 3.05) is 0 Å². The molecular weight excluding hydrogens is 473 g/mol. The second-order valence-corrected chi connectivity index (χ2v) is 8.09. The van der Waals surface area contributed by atoms with E-state index in [0.29, 0.717) is 11.1 Å². The zero-order valence-corrected chi connectivity index (χ0v) is 19.1. The number of benzene rings is 2. The van der Waals surface area contributed by atoms with E-state index in [1.54, 1.807) is 19.2 Å². The van der Waals surface area contributed by atoms with E-state index < -0.39 is 29.5 Å². The van der Waals surface area contributed by atoms with E-state index in [1.165, 1.54) is 42.6 Å². The Morgan fingerprint density at radius 2 is 1.80 bits per heavy atom. The van der Waals surface area contributed by atoms with Crippen LogP contribution in [0, 0.1) is 24.1 Å². The van der Waals surface area contributed by atoms with E-state index in [2.05, 4.69) is 4.98 Å². The van der Waals surface area contributed by atoms with Crippen LogP contribution in [0.25, 0.3) is 28.1 Å². The summed E-state index contributed by atoms with van der Waals surface area (Å²) in [6.07, 6.45) is 2.92. The van der Waals surface area contributed by atoms with E-state index in [1.807, 2.05) is 6.07 Å². The minimum absolute atomic E-state index is 0.00933. The number of carbonyl (C=O) groups excluding carboxylic acids is 1. The van der Waals surface area contributed by atoms with E-state index in [0.717, 1.165) is 15.2 Å². The van der Waals surface area contributed by atoms with Gasteiger partial charge in [0.15, 0.2) is 0 Å². The lowest BCUT2D eigenvalue weighted by atomic mass is 9.98. The number of pyridine rings is 1. The first-order chi connectivity index (χ1) is 16.7. The van der Waals surface area contributed by atoms with Gasteiger partial charge in [0.25, 0.3) is 5.56 Å². The van der Waals surface area contributed by atoms with Crippen LogP contribution in [0.1, 0.15) is 15.9 Å². The largest absolute Gasteiger partial charge is 0.366 e. The third-order valence-corrected chi connectivity index (χ3v) is 5.63. The number of amides is 1. The molecule has 35 heavy (non-hydrogen) atoms. The molecular formula is C25H17ClFN5O3. The van der Waals surface area contributed by atoms with Crippen molar-refractivity contribution < 1.29 is 9.18 Å². The van der Waals surface area contributed by atoms with E-state index in [-0.39, 0.29) is 33.1 Å². The minimum atomic E-state index is -0.769. The molecule has 4 rings (SSSR count). The average Bonchev–Trinajstić information content (AvgIpc) is 2.83. The molecule has 0 saturated heterocycles. The minimum Gasteiger partial charge on any atom is -0.366 e. The van der Waals surface area contributed by atoms with Gasteiger partial charge in [-0.2, -0.15) is 5.26 Å². The number of aryl methyl sites for hydroxylation is 1. The van der Waals surface area contributed by atoms with Crippen LogP contribution in [-0.2, 0) is 6.54 Å². The van der Waals surface area contributed by atoms with Gasteiger partial charge in [0.2, 0.25) is 5.91 Å². The highest BCUT2D eigenvalue weighted by atomic mass is 35.5. The second kappa shape index (κ2) is 9.37. The number of carbonyl (C=O) groups is 1. The molecule has 0 aliphatic rings. The molecule has 0 saturated carbocycles. The quantitative estimate of drug-likeness (QED) is 0.460. The van der Waals surface area contributed by atoms with Gasteiger partial charge in [-0.05, 0) is 53.9 Å². The number of nitrogens with two attached hydrogens (primary N) is 1. The molecule has 0 atom stereocenters. The maximum atomic E-state index is 13.9. The highest BCUT2D eigenvalue weighted by Gasteiger charge is 2.23. The maximum absolute atomic E-state index is 13.9.